The average molecular weight is 298 g/mol. The number of halogens is 3. The normalized spacial score (nSPS) is 10.9. The van der Waals surface area contributed by atoms with Gasteiger partial charge in [0.2, 0.25) is 0 Å². The van der Waals surface area contributed by atoms with E-state index in [9.17, 15) is 4.79 Å². The zero-order valence-electron chi connectivity index (χ0n) is 8.61. The van der Waals surface area contributed by atoms with Gasteiger partial charge in [0.05, 0.1) is 6.61 Å². The molecular weight excluding hydrogens is 285 g/mol. The molecule has 0 amide bonds. The van der Waals surface area contributed by atoms with E-state index in [-0.39, 0.29) is 60.6 Å². The molecule has 1 aliphatic heterocycles. The molecule has 1 aromatic carbocycles. The van der Waals surface area contributed by atoms with Crippen LogP contribution < -0.4 is 37.2 Å². The van der Waals surface area contributed by atoms with Gasteiger partial charge in [0.15, 0.2) is 0 Å². The van der Waals surface area contributed by atoms with Gasteiger partial charge in [-0.2, -0.15) is 0 Å². The Morgan fingerprint density at radius 2 is 1.25 bits per heavy atom. The van der Waals surface area contributed by atoms with Crippen molar-refractivity contribution in [1.82, 2.24) is 0 Å². The van der Waals surface area contributed by atoms with E-state index in [0.717, 1.165) is 6.42 Å². The van der Waals surface area contributed by atoms with E-state index in [1.165, 1.54) is 0 Å². The summed E-state index contributed by atoms with van der Waals surface area (Å²) in [5, 5.41) is 0. The molecule has 0 radical (unpaired) electrons. The third kappa shape index (κ3) is 14.1. The van der Waals surface area contributed by atoms with Gasteiger partial charge >= 0.3 is 23.3 Å². The summed E-state index contributed by atoms with van der Waals surface area (Å²) in [4.78, 5) is 10.0. The molecule has 0 spiro atoms. The van der Waals surface area contributed by atoms with Crippen LogP contribution in [0.2, 0.25) is 0 Å². The fourth-order valence-corrected chi connectivity index (χ4v) is 0.860. The molecule has 2 rings (SSSR count). The molecule has 6 heteroatoms. The summed E-state index contributed by atoms with van der Waals surface area (Å²) in [6, 6.07) is 12.0. The summed E-state index contributed by atoms with van der Waals surface area (Å²) in [7, 11) is 0. The number of rotatable bonds is 0. The Morgan fingerprint density at radius 3 is 1.38 bits per heavy atom. The van der Waals surface area contributed by atoms with Gasteiger partial charge in [-0.1, -0.05) is 36.4 Å². The average Bonchev–Trinajstić information content (AvgIpc) is 2.60. The summed E-state index contributed by atoms with van der Waals surface area (Å²) >= 11 is 0. The van der Waals surface area contributed by atoms with Gasteiger partial charge in [-0.3, -0.25) is 4.79 Å². The molecule has 0 aromatic heterocycles. The largest absolute Gasteiger partial charge is 3.00 e. The summed E-state index contributed by atoms with van der Waals surface area (Å²) in [6.45, 7) is 0.638. The zero-order valence-corrected chi connectivity index (χ0v) is 12.0. The number of hydrogen-bond donors (Lipinski definition) is 0. The van der Waals surface area contributed by atoms with Crippen LogP contribution in [0, 0.1) is 0 Å². The van der Waals surface area contributed by atoms with Crippen LogP contribution in [0.5, 0.6) is 0 Å². The minimum absolute atomic E-state index is 0. The van der Waals surface area contributed by atoms with E-state index < -0.39 is 0 Å². The molecule has 0 unspecified atom stereocenters. The SMILES string of the molecule is O=C1CCCO1.[Al+3].[Cl-].[Cl-].[Cl-].c1ccccc1. The van der Waals surface area contributed by atoms with Crippen molar-refractivity contribution < 1.29 is 46.8 Å². The maximum atomic E-state index is 10.0. The smallest absolute Gasteiger partial charge is 1.00 e. The molecule has 1 heterocycles. The number of cyclic esters (lactones) is 1. The first kappa shape index (κ1) is 25.1. The third-order valence-corrected chi connectivity index (χ3v) is 1.45. The molecule has 0 saturated carbocycles. The number of carbonyl (C=O) groups is 1. The van der Waals surface area contributed by atoms with Gasteiger partial charge in [-0.05, 0) is 6.42 Å². The second kappa shape index (κ2) is 17.5. The predicted molar refractivity (Wildman–Crippen MR) is 52.4 cm³/mol. The maximum Gasteiger partial charge on any atom is 3.00 e. The molecule has 0 N–H and O–H groups in total. The standard InChI is InChI=1S/C6H6.C4H6O2.Al.3ClH/c1-2-4-6-5-3-1;5-4-2-1-3-6-4;;;;/h1-6H;1-3H2;;3*1H/q;;+3;;;/p-3. The summed E-state index contributed by atoms with van der Waals surface area (Å²) in [5.74, 6) is -0.0463. The van der Waals surface area contributed by atoms with Crippen molar-refractivity contribution in [2.24, 2.45) is 0 Å². The number of hydrogen-bond acceptors (Lipinski definition) is 2. The number of esters is 1. The second-order valence-corrected chi connectivity index (χ2v) is 2.48. The first-order chi connectivity index (χ1) is 5.89. The van der Waals surface area contributed by atoms with Crippen molar-refractivity contribution in [3.05, 3.63) is 36.4 Å². The third-order valence-electron chi connectivity index (χ3n) is 1.45. The van der Waals surface area contributed by atoms with Gasteiger partial charge in [0.1, 0.15) is 0 Å². The Morgan fingerprint density at radius 1 is 0.875 bits per heavy atom. The fourth-order valence-electron chi connectivity index (χ4n) is 0.860. The molecule has 1 fully saturated rings. The number of benzene rings is 1. The summed E-state index contributed by atoms with van der Waals surface area (Å²) in [5.41, 5.74) is 0. The van der Waals surface area contributed by atoms with E-state index >= 15 is 0 Å². The number of carbonyl (C=O) groups excluding carboxylic acids is 1. The van der Waals surface area contributed by atoms with Gasteiger partial charge in [0.25, 0.3) is 0 Å². The van der Waals surface area contributed by atoms with Crippen LogP contribution in [0.15, 0.2) is 36.4 Å². The minimum Gasteiger partial charge on any atom is -1.00 e. The Hall–Kier alpha value is 0.0925. The van der Waals surface area contributed by atoms with Crippen LogP contribution in [0.4, 0.5) is 0 Å². The van der Waals surface area contributed by atoms with Crippen molar-refractivity contribution in [1.29, 1.82) is 0 Å². The fraction of sp³-hybridized carbons (Fsp3) is 0.300. The second-order valence-electron chi connectivity index (χ2n) is 2.48. The molecular formula is C10H12AlCl3O2. The van der Waals surface area contributed by atoms with Crippen LogP contribution in [0.3, 0.4) is 0 Å². The van der Waals surface area contributed by atoms with E-state index in [1.807, 2.05) is 36.4 Å². The first-order valence-corrected chi connectivity index (χ1v) is 4.05. The first-order valence-electron chi connectivity index (χ1n) is 4.05. The molecule has 1 saturated heterocycles. The van der Waals surface area contributed by atoms with Gasteiger partial charge < -0.3 is 42.0 Å². The molecule has 2 nitrogen and oxygen atoms in total. The minimum atomic E-state index is -0.0463. The quantitative estimate of drug-likeness (QED) is 0.351. The molecule has 0 aliphatic carbocycles. The van der Waals surface area contributed by atoms with Gasteiger partial charge in [-0.15, -0.1) is 0 Å². The Balaban J connectivity index is -0.0000000720. The summed E-state index contributed by atoms with van der Waals surface area (Å²) < 4.78 is 4.51. The zero-order chi connectivity index (χ0) is 8.65. The Bertz CT molecular complexity index is 200. The molecule has 1 aliphatic rings. The molecule has 88 valence electrons. The van der Waals surface area contributed by atoms with E-state index in [1.54, 1.807) is 0 Å². The monoisotopic (exact) mass is 296 g/mol. The Labute approximate surface area is 125 Å². The van der Waals surface area contributed by atoms with Crippen LogP contribution in [0.25, 0.3) is 0 Å². The number of ether oxygens (including phenoxy) is 1. The maximum absolute atomic E-state index is 10.0. The van der Waals surface area contributed by atoms with E-state index in [4.69, 9.17) is 0 Å². The van der Waals surface area contributed by atoms with Crippen molar-refractivity contribution in [3.63, 3.8) is 0 Å². The van der Waals surface area contributed by atoms with Crippen LogP contribution in [-0.2, 0) is 9.53 Å². The van der Waals surface area contributed by atoms with E-state index in [0.29, 0.717) is 13.0 Å². The molecule has 0 atom stereocenters. The predicted octanol–water partition coefficient (Wildman–Crippen LogP) is -7.36. The van der Waals surface area contributed by atoms with Crippen molar-refractivity contribution >= 4 is 23.3 Å². The molecule has 16 heavy (non-hydrogen) atoms. The van der Waals surface area contributed by atoms with Crippen molar-refractivity contribution in [2.75, 3.05) is 6.61 Å². The van der Waals surface area contributed by atoms with Gasteiger partial charge in [-0.25, -0.2) is 0 Å². The van der Waals surface area contributed by atoms with Crippen LogP contribution in [-0.4, -0.2) is 29.9 Å². The van der Waals surface area contributed by atoms with E-state index in [2.05, 4.69) is 4.74 Å². The Kier molecular flexibility index (Phi) is 27.4. The van der Waals surface area contributed by atoms with Gasteiger partial charge in [0, 0.05) is 6.42 Å². The molecule has 0 bridgehead atoms. The summed E-state index contributed by atoms with van der Waals surface area (Å²) in [6.07, 6.45) is 1.54. The molecule has 1 aromatic rings. The van der Waals surface area contributed by atoms with Crippen molar-refractivity contribution in [2.45, 2.75) is 12.8 Å². The topological polar surface area (TPSA) is 26.3 Å². The van der Waals surface area contributed by atoms with Crippen LogP contribution >= 0.6 is 0 Å². The van der Waals surface area contributed by atoms with Crippen LogP contribution in [0.1, 0.15) is 12.8 Å². The van der Waals surface area contributed by atoms with Crippen molar-refractivity contribution in [3.8, 4) is 0 Å².